The molecule has 10 heteroatoms. The van der Waals surface area contributed by atoms with Crippen LogP contribution in [0.3, 0.4) is 0 Å². The van der Waals surface area contributed by atoms with E-state index in [0.717, 1.165) is 13.2 Å². The van der Waals surface area contributed by atoms with Crippen LogP contribution in [-0.2, 0) is 11.3 Å². The molecule has 0 aliphatic heterocycles. The molecule has 9 nitrogen and oxygen atoms in total. The second-order valence-corrected chi connectivity index (χ2v) is 4.99. The monoisotopic (exact) mass is 353 g/mol. The van der Waals surface area contributed by atoms with Gasteiger partial charge in [0, 0.05) is 6.07 Å². The zero-order valence-electron chi connectivity index (χ0n) is 12.4. The molecule has 0 aliphatic rings. The Morgan fingerprint density at radius 1 is 1.42 bits per heavy atom. The number of nitrogens with one attached hydrogen (secondary N) is 1. The molecule has 0 spiro atoms. The second-order valence-electron chi connectivity index (χ2n) is 4.58. The van der Waals surface area contributed by atoms with Gasteiger partial charge in [-0.2, -0.15) is 0 Å². The van der Waals surface area contributed by atoms with E-state index in [1.165, 1.54) is 18.2 Å². The molecule has 24 heavy (non-hydrogen) atoms. The summed E-state index contributed by atoms with van der Waals surface area (Å²) in [6, 6.07) is 5.15. The maximum atomic E-state index is 11.6. The Bertz CT molecular complexity index is 817. The lowest BCUT2D eigenvalue weighted by atomic mass is 10.1. The number of methoxy groups -OCH3 is 1. The van der Waals surface area contributed by atoms with Gasteiger partial charge >= 0.3 is 5.97 Å². The normalized spacial score (nSPS) is 10.2. The summed E-state index contributed by atoms with van der Waals surface area (Å²) in [7, 11) is 1.14. The molecule has 0 aliphatic carbocycles. The van der Waals surface area contributed by atoms with E-state index < -0.39 is 16.8 Å². The van der Waals surface area contributed by atoms with Crippen LogP contribution in [0.1, 0.15) is 26.7 Å². The van der Waals surface area contributed by atoms with Crippen molar-refractivity contribution in [1.82, 2.24) is 0 Å². The number of carbonyl (C=O) groups is 2. The van der Waals surface area contributed by atoms with Gasteiger partial charge in [0.1, 0.15) is 11.4 Å². The number of nitro benzene ring substituents is 1. The average molecular weight is 354 g/mol. The minimum atomic E-state index is -0.785. The van der Waals surface area contributed by atoms with Crippen LogP contribution in [0.4, 0.5) is 11.4 Å². The third-order valence-corrected chi connectivity index (χ3v) is 3.36. The van der Waals surface area contributed by atoms with E-state index in [4.69, 9.17) is 21.8 Å². The molecule has 1 aromatic heterocycles. The number of nitrogens with zero attached hydrogens (tertiary/aromatic N) is 1. The summed E-state index contributed by atoms with van der Waals surface area (Å²) < 4.78 is 9.68. The predicted molar refractivity (Wildman–Crippen MR) is 84.0 cm³/mol. The van der Waals surface area contributed by atoms with Crippen molar-refractivity contribution in [2.75, 3.05) is 12.4 Å². The van der Waals surface area contributed by atoms with Gasteiger partial charge in [-0.25, -0.2) is 4.79 Å². The van der Waals surface area contributed by atoms with Crippen molar-refractivity contribution in [2.24, 2.45) is 5.73 Å². The smallest absolute Gasteiger partial charge is 0.339 e. The fourth-order valence-electron chi connectivity index (χ4n) is 1.91. The number of furan rings is 1. The largest absolute Gasteiger partial charge is 0.465 e. The van der Waals surface area contributed by atoms with E-state index in [-0.39, 0.29) is 34.3 Å². The summed E-state index contributed by atoms with van der Waals surface area (Å²) >= 11 is 5.96. The van der Waals surface area contributed by atoms with E-state index >= 15 is 0 Å². The highest BCUT2D eigenvalue weighted by Crippen LogP contribution is 2.32. The number of hydrogen-bond acceptors (Lipinski definition) is 7. The molecular formula is C14H12ClN3O6. The van der Waals surface area contributed by atoms with Crippen molar-refractivity contribution in [2.45, 2.75) is 6.54 Å². The minimum Gasteiger partial charge on any atom is -0.465 e. The standard InChI is InChI=1S/C14H12ClN3O6/c1-23-14(20)8-4-11(18(21)22)10(5-9(8)15)17-6-7-2-3-12(24-7)13(16)19/h2-5,17H,6H2,1H3,(H2,16,19). The van der Waals surface area contributed by atoms with Gasteiger partial charge in [0.2, 0.25) is 0 Å². The Labute approximate surface area is 140 Å². The fraction of sp³-hybridized carbons (Fsp3) is 0.143. The molecule has 0 saturated heterocycles. The highest BCUT2D eigenvalue weighted by molar-refractivity contribution is 6.34. The molecule has 2 rings (SSSR count). The maximum absolute atomic E-state index is 11.6. The van der Waals surface area contributed by atoms with Gasteiger partial charge in [0.25, 0.3) is 11.6 Å². The van der Waals surface area contributed by atoms with Crippen LogP contribution in [-0.4, -0.2) is 23.9 Å². The van der Waals surface area contributed by atoms with Gasteiger partial charge in [-0.1, -0.05) is 11.6 Å². The van der Waals surface area contributed by atoms with Crippen LogP contribution in [0.5, 0.6) is 0 Å². The minimum absolute atomic E-state index is 0.00720. The number of amides is 1. The molecule has 126 valence electrons. The van der Waals surface area contributed by atoms with E-state index in [1.54, 1.807) is 0 Å². The van der Waals surface area contributed by atoms with E-state index in [0.29, 0.717) is 5.76 Å². The van der Waals surface area contributed by atoms with E-state index in [2.05, 4.69) is 10.1 Å². The summed E-state index contributed by atoms with van der Waals surface area (Å²) in [5.41, 5.74) is 4.67. The number of carbonyl (C=O) groups excluding carboxylic acids is 2. The van der Waals surface area contributed by atoms with Crippen LogP contribution in [0.25, 0.3) is 0 Å². The number of nitro groups is 1. The molecule has 0 atom stereocenters. The van der Waals surface area contributed by atoms with Crippen molar-refractivity contribution in [1.29, 1.82) is 0 Å². The second kappa shape index (κ2) is 7.01. The number of halogens is 1. The van der Waals surface area contributed by atoms with Crippen molar-refractivity contribution in [3.05, 3.63) is 56.5 Å². The van der Waals surface area contributed by atoms with Crippen molar-refractivity contribution in [3.63, 3.8) is 0 Å². The summed E-state index contributed by atoms with van der Waals surface area (Å²) in [4.78, 5) is 33.0. The molecule has 0 saturated carbocycles. The highest BCUT2D eigenvalue weighted by atomic mass is 35.5. The topological polar surface area (TPSA) is 138 Å². The number of esters is 1. The van der Waals surface area contributed by atoms with Crippen molar-refractivity contribution in [3.8, 4) is 0 Å². The molecule has 1 heterocycles. The van der Waals surface area contributed by atoms with Crippen LogP contribution >= 0.6 is 11.6 Å². The van der Waals surface area contributed by atoms with Crippen LogP contribution in [0, 0.1) is 10.1 Å². The molecular weight excluding hydrogens is 342 g/mol. The fourth-order valence-corrected chi connectivity index (χ4v) is 2.15. The third kappa shape index (κ3) is 3.63. The van der Waals surface area contributed by atoms with Crippen molar-refractivity contribution >= 4 is 34.9 Å². The van der Waals surface area contributed by atoms with Gasteiger partial charge in [0.15, 0.2) is 5.76 Å². The van der Waals surface area contributed by atoms with Gasteiger partial charge in [-0.3, -0.25) is 14.9 Å². The van der Waals surface area contributed by atoms with Gasteiger partial charge < -0.3 is 20.2 Å². The molecule has 0 bridgehead atoms. The number of benzene rings is 1. The first-order valence-corrected chi connectivity index (χ1v) is 6.90. The average Bonchev–Trinajstić information content (AvgIpc) is 3.01. The maximum Gasteiger partial charge on any atom is 0.339 e. The number of hydrogen-bond donors (Lipinski definition) is 2. The van der Waals surface area contributed by atoms with E-state index in [1.807, 2.05) is 0 Å². The molecule has 2 aromatic rings. The summed E-state index contributed by atoms with van der Waals surface area (Å²) in [6.45, 7) is 0.0437. The number of nitrogens with two attached hydrogens (primary N) is 1. The zero-order chi connectivity index (χ0) is 17.9. The Morgan fingerprint density at radius 2 is 2.12 bits per heavy atom. The Hall–Kier alpha value is -3.07. The number of primary amides is 1. The number of ether oxygens (including phenoxy) is 1. The predicted octanol–water partition coefficient (Wildman–Crippen LogP) is 2.34. The van der Waals surface area contributed by atoms with Crippen LogP contribution < -0.4 is 11.1 Å². The Kier molecular flexibility index (Phi) is 5.05. The molecule has 0 unspecified atom stereocenters. The summed E-state index contributed by atoms with van der Waals surface area (Å²) in [6.07, 6.45) is 0. The van der Waals surface area contributed by atoms with Crippen molar-refractivity contribution < 1.29 is 23.7 Å². The molecule has 1 amide bonds. The summed E-state index contributed by atoms with van der Waals surface area (Å²) in [5, 5.41) is 13.9. The first-order chi connectivity index (χ1) is 11.3. The first-order valence-electron chi connectivity index (χ1n) is 6.52. The van der Waals surface area contributed by atoms with Gasteiger partial charge in [-0.15, -0.1) is 0 Å². The number of rotatable bonds is 6. The quantitative estimate of drug-likeness (QED) is 0.461. The molecule has 1 aromatic carbocycles. The Balaban J connectivity index is 2.28. The van der Waals surface area contributed by atoms with Gasteiger partial charge in [0.05, 0.1) is 29.2 Å². The summed E-state index contributed by atoms with van der Waals surface area (Å²) in [5.74, 6) is -1.20. The van der Waals surface area contributed by atoms with E-state index in [9.17, 15) is 19.7 Å². The van der Waals surface area contributed by atoms with Crippen LogP contribution in [0.2, 0.25) is 5.02 Å². The van der Waals surface area contributed by atoms with Crippen LogP contribution in [0.15, 0.2) is 28.7 Å². The molecule has 3 N–H and O–H groups in total. The number of anilines is 1. The lowest BCUT2D eigenvalue weighted by molar-refractivity contribution is -0.384. The Morgan fingerprint density at radius 3 is 2.67 bits per heavy atom. The first kappa shape index (κ1) is 17.3. The molecule has 0 fully saturated rings. The lowest BCUT2D eigenvalue weighted by Crippen LogP contribution is -2.09. The molecule has 0 radical (unpaired) electrons. The van der Waals surface area contributed by atoms with Gasteiger partial charge in [-0.05, 0) is 18.2 Å². The highest BCUT2D eigenvalue weighted by Gasteiger charge is 2.22. The lowest BCUT2D eigenvalue weighted by Gasteiger charge is -2.09. The SMILES string of the molecule is COC(=O)c1cc([N+](=O)[O-])c(NCc2ccc(C(N)=O)o2)cc1Cl. The third-order valence-electron chi connectivity index (χ3n) is 3.04. The zero-order valence-corrected chi connectivity index (χ0v) is 13.1.